The van der Waals surface area contributed by atoms with Crippen LogP contribution in [0, 0.1) is 0 Å². The number of para-hydroxylation sites is 1. The molecule has 188 valence electrons. The summed E-state index contributed by atoms with van der Waals surface area (Å²) >= 11 is 1.32. The molecule has 1 amide bonds. The molecule has 0 aliphatic carbocycles. The van der Waals surface area contributed by atoms with E-state index in [1.54, 1.807) is 29.2 Å². The molecule has 1 aliphatic heterocycles. The van der Waals surface area contributed by atoms with Crippen molar-refractivity contribution in [2.24, 2.45) is 0 Å². The Morgan fingerprint density at radius 3 is 2.60 bits per heavy atom. The van der Waals surface area contributed by atoms with Crippen LogP contribution in [0.4, 0.5) is 5.13 Å². The molecule has 4 rings (SSSR count). The highest BCUT2D eigenvalue weighted by Gasteiger charge is 2.24. The molecule has 0 bridgehead atoms. The first-order chi connectivity index (χ1) is 16.9. The van der Waals surface area contributed by atoms with Gasteiger partial charge >= 0.3 is 0 Å². The molecule has 1 aliphatic rings. The van der Waals surface area contributed by atoms with Crippen LogP contribution in [0.5, 0.6) is 5.75 Å². The Labute approximate surface area is 210 Å². The van der Waals surface area contributed by atoms with Gasteiger partial charge in [-0.1, -0.05) is 30.7 Å². The third-order valence-electron chi connectivity index (χ3n) is 5.86. The highest BCUT2D eigenvalue weighted by Crippen LogP contribution is 2.33. The maximum Gasteiger partial charge on any atom is 0.260 e. The topological polar surface area (TPSA) is 89.0 Å². The standard InChI is InChI=1S/C25H31N3O5S2/c1-3-4-16-33-20-10-8-19(9-11-20)24(29)28(13-12-27-14-17-32-18-15-27)25-26-23-21(34-25)6-5-7-22(23)35(2,30)31/h5-11H,3-4,12-18H2,1-2H3. The molecule has 2 aromatic carbocycles. The van der Waals surface area contributed by atoms with E-state index in [2.05, 4.69) is 16.8 Å². The number of aromatic nitrogens is 1. The minimum absolute atomic E-state index is 0.173. The number of carbonyl (C=O) groups excluding carboxylic acids is 1. The largest absolute Gasteiger partial charge is 0.494 e. The molecule has 8 nitrogen and oxygen atoms in total. The Morgan fingerprint density at radius 1 is 1.17 bits per heavy atom. The zero-order chi connectivity index (χ0) is 24.8. The van der Waals surface area contributed by atoms with E-state index in [4.69, 9.17) is 9.47 Å². The first-order valence-corrected chi connectivity index (χ1v) is 14.5. The molecule has 0 N–H and O–H groups in total. The predicted molar refractivity (Wildman–Crippen MR) is 139 cm³/mol. The third-order valence-corrected chi connectivity index (χ3v) is 8.03. The number of amides is 1. The number of unbranched alkanes of at least 4 members (excludes halogenated alkanes) is 1. The summed E-state index contributed by atoms with van der Waals surface area (Å²) in [5.41, 5.74) is 0.927. The van der Waals surface area contributed by atoms with E-state index >= 15 is 0 Å². The SMILES string of the molecule is CCCCOc1ccc(C(=O)N(CCN2CCOCC2)c2nc3c(S(C)(=O)=O)cccc3s2)cc1. The number of carbonyl (C=O) groups is 1. The summed E-state index contributed by atoms with van der Waals surface area (Å²) in [5.74, 6) is 0.547. The van der Waals surface area contributed by atoms with E-state index in [1.165, 1.54) is 17.6 Å². The normalized spacial score (nSPS) is 14.8. The van der Waals surface area contributed by atoms with E-state index < -0.39 is 9.84 Å². The molecular formula is C25H31N3O5S2. The fraction of sp³-hybridized carbons (Fsp3) is 0.440. The molecule has 0 unspecified atom stereocenters. The lowest BCUT2D eigenvalue weighted by molar-refractivity contribution is 0.0391. The van der Waals surface area contributed by atoms with Crippen LogP contribution in [0.25, 0.3) is 10.2 Å². The van der Waals surface area contributed by atoms with Crippen LogP contribution >= 0.6 is 11.3 Å². The molecule has 2 heterocycles. The number of nitrogens with zero attached hydrogens (tertiary/aromatic N) is 3. The van der Waals surface area contributed by atoms with E-state index in [0.717, 1.165) is 36.4 Å². The van der Waals surface area contributed by atoms with Gasteiger partial charge < -0.3 is 9.47 Å². The number of sulfone groups is 1. The monoisotopic (exact) mass is 517 g/mol. The summed E-state index contributed by atoms with van der Waals surface area (Å²) in [6.07, 6.45) is 3.20. The van der Waals surface area contributed by atoms with Crippen LogP contribution in [0.15, 0.2) is 47.4 Å². The number of rotatable bonds is 10. The molecule has 0 atom stereocenters. The Morgan fingerprint density at radius 2 is 1.91 bits per heavy atom. The summed E-state index contributed by atoms with van der Waals surface area (Å²) in [6, 6.07) is 12.2. The number of morpholine rings is 1. The Hall–Kier alpha value is -2.53. The van der Waals surface area contributed by atoms with Crippen LogP contribution < -0.4 is 9.64 Å². The van der Waals surface area contributed by atoms with Crippen molar-refractivity contribution in [1.82, 2.24) is 9.88 Å². The van der Waals surface area contributed by atoms with Gasteiger partial charge in [0.1, 0.15) is 11.3 Å². The average molecular weight is 518 g/mol. The fourth-order valence-corrected chi connectivity index (χ4v) is 5.77. The molecule has 0 radical (unpaired) electrons. The van der Waals surface area contributed by atoms with E-state index in [1.807, 2.05) is 18.2 Å². The van der Waals surface area contributed by atoms with Gasteiger partial charge in [-0.15, -0.1) is 0 Å². The van der Waals surface area contributed by atoms with Crippen molar-refractivity contribution >= 4 is 42.4 Å². The third kappa shape index (κ3) is 6.38. The Bertz CT molecular complexity index is 1250. The van der Waals surface area contributed by atoms with Crippen LogP contribution in [-0.4, -0.2) is 76.5 Å². The molecule has 0 saturated carbocycles. The summed E-state index contributed by atoms with van der Waals surface area (Å²) in [6.45, 7) is 6.82. The lowest BCUT2D eigenvalue weighted by Crippen LogP contribution is -2.43. The quantitative estimate of drug-likeness (QED) is 0.377. The van der Waals surface area contributed by atoms with Gasteiger partial charge in [-0.2, -0.15) is 0 Å². The minimum atomic E-state index is -3.45. The van der Waals surface area contributed by atoms with E-state index in [9.17, 15) is 13.2 Å². The second-order valence-corrected chi connectivity index (χ2v) is 11.5. The molecule has 1 fully saturated rings. The minimum Gasteiger partial charge on any atom is -0.494 e. The van der Waals surface area contributed by atoms with Gasteiger partial charge in [0.2, 0.25) is 0 Å². The van der Waals surface area contributed by atoms with E-state index in [0.29, 0.717) is 49.1 Å². The molecule has 3 aromatic rings. The van der Waals surface area contributed by atoms with Crippen molar-refractivity contribution in [3.63, 3.8) is 0 Å². The predicted octanol–water partition coefficient (Wildman–Crippen LogP) is 3.86. The maximum absolute atomic E-state index is 13.6. The van der Waals surface area contributed by atoms with Crippen molar-refractivity contribution in [2.75, 3.05) is 57.2 Å². The summed E-state index contributed by atoms with van der Waals surface area (Å²) in [4.78, 5) is 22.4. The molecule has 0 spiro atoms. The molecular weight excluding hydrogens is 486 g/mol. The second-order valence-electron chi connectivity index (χ2n) is 8.51. The summed E-state index contributed by atoms with van der Waals surface area (Å²) in [5, 5.41) is 0.484. The van der Waals surface area contributed by atoms with Crippen LogP contribution in [0.2, 0.25) is 0 Å². The average Bonchev–Trinajstić information content (AvgIpc) is 3.28. The Balaban J connectivity index is 1.63. The molecule has 1 aromatic heterocycles. The van der Waals surface area contributed by atoms with Gasteiger partial charge in [0, 0.05) is 38.0 Å². The van der Waals surface area contributed by atoms with Crippen molar-refractivity contribution in [1.29, 1.82) is 0 Å². The van der Waals surface area contributed by atoms with Gasteiger partial charge in [0.25, 0.3) is 5.91 Å². The lowest BCUT2D eigenvalue weighted by Gasteiger charge is -2.29. The van der Waals surface area contributed by atoms with Crippen molar-refractivity contribution in [3.8, 4) is 5.75 Å². The van der Waals surface area contributed by atoms with Gasteiger partial charge in [-0.3, -0.25) is 14.6 Å². The number of anilines is 1. The summed E-state index contributed by atoms with van der Waals surface area (Å²) in [7, 11) is -3.45. The zero-order valence-corrected chi connectivity index (χ0v) is 21.7. The number of fused-ring (bicyclic) bond motifs is 1. The van der Waals surface area contributed by atoms with E-state index in [-0.39, 0.29) is 10.8 Å². The number of ether oxygens (including phenoxy) is 2. The van der Waals surface area contributed by atoms with Gasteiger partial charge in [0.15, 0.2) is 15.0 Å². The maximum atomic E-state index is 13.6. The van der Waals surface area contributed by atoms with Crippen LogP contribution in [0.1, 0.15) is 30.1 Å². The highest BCUT2D eigenvalue weighted by molar-refractivity contribution is 7.91. The zero-order valence-electron chi connectivity index (χ0n) is 20.1. The Kier molecular flexibility index (Phi) is 8.38. The fourth-order valence-electron chi connectivity index (χ4n) is 3.86. The van der Waals surface area contributed by atoms with Crippen LogP contribution in [0.3, 0.4) is 0 Å². The van der Waals surface area contributed by atoms with Crippen molar-refractivity contribution in [3.05, 3.63) is 48.0 Å². The van der Waals surface area contributed by atoms with Crippen molar-refractivity contribution < 1.29 is 22.7 Å². The van der Waals surface area contributed by atoms with Crippen molar-refractivity contribution in [2.45, 2.75) is 24.7 Å². The van der Waals surface area contributed by atoms with Crippen LogP contribution in [-0.2, 0) is 14.6 Å². The number of hydrogen-bond acceptors (Lipinski definition) is 8. The highest BCUT2D eigenvalue weighted by atomic mass is 32.2. The molecule has 1 saturated heterocycles. The number of benzene rings is 2. The second kappa shape index (κ2) is 11.5. The van der Waals surface area contributed by atoms with Gasteiger partial charge in [-0.25, -0.2) is 13.4 Å². The smallest absolute Gasteiger partial charge is 0.260 e. The van der Waals surface area contributed by atoms with Gasteiger partial charge in [-0.05, 0) is 42.8 Å². The molecule has 10 heteroatoms. The number of thiazole rings is 1. The lowest BCUT2D eigenvalue weighted by atomic mass is 10.2. The first kappa shape index (κ1) is 25.6. The molecule has 35 heavy (non-hydrogen) atoms. The number of hydrogen-bond donors (Lipinski definition) is 0. The first-order valence-electron chi connectivity index (χ1n) is 11.8. The summed E-state index contributed by atoms with van der Waals surface area (Å²) < 4.78 is 36.5. The van der Waals surface area contributed by atoms with Gasteiger partial charge in [0.05, 0.1) is 29.4 Å².